The van der Waals surface area contributed by atoms with Gasteiger partial charge in [-0.05, 0) is 78.4 Å². The molecule has 2 heterocycles. The van der Waals surface area contributed by atoms with Crippen LogP contribution in [0.2, 0.25) is 0 Å². The van der Waals surface area contributed by atoms with E-state index in [1.807, 2.05) is 54.9 Å². The summed E-state index contributed by atoms with van der Waals surface area (Å²) in [6.45, 7) is 17.5. The number of hydrogen-bond donors (Lipinski definition) is 1. The second-order valence-corrected chi connectivity index (χ2v) is 11.6. The van der Waals surface area contributed by atoms with Crippen LogP contribution in [0.1, 0.15) is 87.4 Å². The molecule has 41 heavy (non-hydrogen) atoms. The van der Waals surface area contributed by atoms with E-state index in [4.69, 9.17) is 4.98 Å². The third kappa shape index (κ3) is 5.97. The number of phenolic OH excluding ortho intramolecular Hbond substituents is 1. The van der Waals surface area contributed by atoms with Crippen LogP contribution in [-0.4, -0.2) is 24.4 Å². The topological polar surface area (TPSA) is 55.9 Å². The van der Waals surface area contributed by atoms with Gasteiger partial charge in [-0.1, -0.05) is 65.8 Å². The van der Waals surface area contributed by atoms with Crippen LogP contribution in [0.15, 0.2) is 66.9 Å². The molecule has 3 aromatic carbocycles. The van der Waals surface area contributed by atoms with Crippen LogP contribution in [0.3, 0.4) is 0 Å². The van der Waals surface area contributed by atoms with E-state index in [1.165, 1.54) is 16.7 Å². The number of benzene rings is 3. The van der Waals surface area contributed by atoms with Gasteiger partial charge in [0, 0.05) is 32.5 Å². The normalized spacial score (nSPS) is 11.5. The molecule has 5 nitrogen and oxygen atoms in total. The Balaban J connectivity index is 0.00000387. The standard InChI is InChI=1S/C35H39N4O.Pt/c1-21(2)27-18-30(22(3)4)34(31(19-27)23(5)6)38-20-32(36-35(38)29-14-9-10-15-33(29)40)26-12-11-13-28(17-26)39-25(8)16-24(7)37-39;/h9-16,18-23,40H,1-8H3;/q-1;. The van der Waals surface area contributed by atoms with Gasteiger partial charge in [-0.3, -0.25) is 9.67 Å². The first-order chi connectivity index (χ1) is 19.0. The molecule has 0 amide bonds. The van der Waals surface area contributed by atoms with Crippen molar-refractivity contribution >= 4 is 0 Å². The Bertz CT molecular complexity index is 1650. The van der Waals surface area contributed by atoms with Crippen molar-refractivity contribution in [3.05, 3.63) is 101 Å². The van der Waals surface area contributed by atoms with E-state index in [9.17, 15) is 5.11 Å². The van der Waals surface area contributed by atoms with Crippen molar-refractivity contribution in [3.63, 3.8) is 0 Å². The quantitative estimate of drug-likeness (QED) is 0.171. The molecule has 0 aliphatic rings. The minimum absolute atomic E-state index is 0. The van der Waals surface area contributed by atoms with Gasteiger partial charge in [0.2, 0.25) is 0 Å². The second kappa shape index (κ2) is 12.2. The summed E-state index contributed by atoms with van der Waals surface area (Å²) in [5, 5.41) is 15.6. The summed E-state index contributed by atoms with van der Waals surface area (Å²) in [6.07, 6.45) is 2.10. The van der Waals surface area contributed by atoms with Crippen molar-refractivity contribution in [1.82, 2.24) is 19.3 Å². The fourth-order valence-electron chi connectivity index (χ4n) is 5.33. The number of para-hydroxylation sites is 1. The van der Waals surface area contributed by atoms with E-state index in [0.29, 0.717) is 29.1 Å². The van der Waals surface area contributed by atoms with Crippen LogP contribution in [0, 0.1) is 19.9 Å². The van der Waals surface area contributed by atoms with Gasteiger partial charge in [-0.2, -0.15) is 5.10 Å². The molecule has 0 aliphatic heterocycles. The molecule has 0 unspecified atom stereocenters. The Morgan fingerprint density at radius 1 is 0.805 bits per heavy atom. The maximum Gasteiger partial charge on any atom is 0.138 e. The molecule has 216 valence electrons. The average Bonchev–Trinajstić information content (AvgIpc) is 3.50. The van der Waals surface area contributed by atoms with Crippen LogP contribution < -0.4 is 0 Å². The van der Waals surface area contributed by atoms with Gasteiger partial charge in [0.05, 0.1) is 16.9 Å². The monoisotopic (exact) mass is 726 g/mol. The Kier molecular flexibility index (Phi) is 9.09. The first-order valence-electron chi connectivity index (χ1n) is 14.2. The predicted octanol–water partition coefficient (Wildman–Crippen LogP) is 8.88. The van der Waals surface area contributed by atoms with Crippen LogP contribution in [-0.2, 0) is 21.1 Å². The summed E-state index contributed by atoms with van der Waals surface area (Å²) in [6, 6.07) is 23.8. The summed E-state index contributed by atoms with van der Waals surface area (Å²) in [5.41, 5.74) is 10.3. The summed E-state index contributed by atoms with van der Waals surface area (Å²) < 4.78 is 4.10. The maximum atomic E-state index is 10.9. The molecule has 5 aromatic rings. The fraction of sp³-hybridized carbons (Fsp3) is 0.314. The molecule has 0 saturated heterocycles. The number of imidazole rings is 1. The number of phenols is 1. The number of aromatic nitrogens is 4. The summed E-state index contributed by atoms with van der Waals surface area (Å²) >= 11 is 0. The minimum Gasteiger partial charge on any atom is -0.507 e. The Morgan fingerprint density at radius 2 is 1.46 bits per heavy atom. The molecule has 0 radical (unpaired) electrons. The third-order valence-corrected chi connectivity index (χ3v) is 7.49. The number of rotatable bonds is 7. The largest absolute Gasteiger partial charge is 0.507 e. The van der Waals surface area contributed by atoms with Crippen LogP contribution in [0.4, 0.5) is 0 Å². The molecule has 0 bridgehead atoms. The smallest absolute Gasteiger partial charge is 0.138 e. The zero-order valence-corrected chi connectivity index (χ0v) is 27.4. The van der Waals surface area contributed by atoms with E-state index in [1.54, 1.807) is 6.07 Å². The van der Waals surface area contributed by atoms with Crippen molar-refractivity contribution in [2.45, 2.75) is 73.1 Å². The molecule has 0 atom stereocenters. The van der Waals surface area contributed by atoms with Crippen molar-refractivity contribution in [1.29, 1.82) is 0 Å². The molecule has 5 rings (SSSR count). The molecule has 1 N–H and O–H groups in total. The van der Waals surface area contributed by atoms with E-state index >= 15 is 0 Å². The number of nitrogens with zero attached hydrogens (tertiary/aromatic N) is 4. The molecular weight excluding hydrogens is 687 g/mol. The number of hydrogen-bond acceptors (Lipinski definition) is 3. The van der Waals surface area contributed by atoms with Gasteiger partial charge in [0.15, 0.2) is 0 Å². The Hall–Kier alpha value is -3.43. The summed E-state index contributed by atoms with van der Waals surface area (Å²) in [4.78, 5) is 5.15. The zero-order chi connectivity index (χ0) is 28.7. The summed E-state index contributed by atoms with van der Waals surface area (Å²) in [7, 11) is 0. The van der Waals surface area contributed by atoms with Gasteiger partial charge >= 0.3 is 0 Å². The van der Waals surface area contributed by atoms with Crippen molar-refractivity contribution in [2.24, 2.45) is 0 Å². The Labute approximate surface area is 258 Å². The molecule has 0 aliphatic carbocycles. The molecular formula is C35H39N4OPt-. The predicted molar refractivity (Wildman–Crippen MR) is 164 cm³/mol. The third-order valence-electron chi connectivity index (χ3n) is 7.49. The maximum absolute atomic E-state index is 10.9. The van der Waals surface area contributed by atoms with Gasteiger partial charge in [-0.15, -0.1) is 29.8 Å². The van der Waals surface area contributed by atoms with Crippen LogP contribution in [0.5, 0.6) is 5.75 Å². The van der Waals surface area contributed by atoms with Gasteiger partial charge in [0.25, 0.3) is 0 Å². The average molecular weight is 727 g/mol. The summed E-state index contributed by atoms with van der Waals surface area (Å²) in [5.74, 6) is 1.94. The number of aromatic hydroxyl groups is 1. The van der Waals surface area contributed by atoms with E-state index in [2.05, 4.69) is 81.7 Å². The van der Waals surface area contributed by atoms with Crippen LogP contribution in [0.25, 0.3) is 34.0 Å². The first kappa shape index (κ1) is 30.5. The van der Waals surface area contributed by atoms with Crippen molar-refractivity contribution < 1.29 is 26.2 Å². The van der Waals surface area contributed by atoms with E-state index in [0.717, 1.165) is 34.0 Å². The molecule has 0 spiro atoms. The number of aryl methyl sites for hydroxylation is 2. The van der Waals surface area contributed by atoms with Gasteiger partial charge in [-0.25, -0.2) is 0 Å². The first-order valence-corrected chi connectivity index (χ1v) is 14.2. The molecule has 0 saturated carbocycles. The minimum atomic E-state index is 0. The fourth-order valence-corrected chi connectivity index (χ4v) is 5.33. The van der Waals surface area contributed by atoms with Crippen molar-refractivity contribution in [2.75, 3.05) is 0 Å². The molecule has 6 heteroatoms. The van der Waals surface area contributed by atoms with Gasteiger partial charge in [0.1, 0.15) is 11.6 Å². The second-order valence-electron chi connectivity index (χ2n) is 11.6. The Morgan fingerprint density at radius 3 is 2.02 bits per heavy atom. The zero-order valence-electron chi connectivity index (χ0n) is 25.1. The van der Waals surface area contributed by atoms with Crippen molar-refractivity contribution in [3.8, 4) is 39.8 Å². The van der Waals surface area contributed by atoms with E-state index < -0.39 is 0 Å². The molecule has 0 fully saturated rings. The van der Waals surface area contributed by atoms with Gasteiger partial charge < -0.3 is 9.67 Å². The van der Waals surface area contributed by atoms with E-state index in [-0.39, 0.29) is 26.8 Å². The van der Waals surface area contributed by atoms with Crippen LogP contribution >= 0.6 is 0 Å². The SMILES string of the molecule is Cc1cc(C)n(-c2[c-]c(-c3cn(-c4c(C(C)C)cc(C(C)C)cc4C(C)C)c(-c4ccccc4O)n3)ccc2)n1.[Pt]. The molecule has 2 aromatic heterocycles.